The zero-order valence-electron chi connectivity index (χ0n) is 18.8. The van der Waals surface area contributed by atoms with Crippen LogP contribution in [0.1, 0.15) is 116 Å². The van der Waals surface area contributed by atoms with Gasteiger partial charge < -0.3 is 10.2 Å². The summed E-state index contributed by atoms with van der Waals surface area (Å²) in [6, 6.07) is 0. The molecule has 9 heteroatoms. The van der Waals surface area contributed by atoms with Gasteiger partial charge in [0.1, 0.15) is 0 Å². The van der Waals surface area contributed by atoms with Crippen LogP contribution in [0.25, 0.3) is 0 Å². The molecule has 0 aliphatic carbocycles. The normalized spacial score (nSPS) is 11.4. The molecule has 0 aliphatic heterocycles. The first-order chi connectivity index (χ1) is 14.7. The number of hydrogen-bond acceptors (Lipinski definition) is 5. The fourth-order valence-corrected chi connectivity index (χ4v) is 4.45. The maximum atomic E-state index is 11.7. The molecule has 0 rings (SSSR count). The van der Waals surface area contributed by atoms with Gasteiger partial charge in [-0.05, 0) is 19.3 Å². The van der Waals surface area contributed by atoms with E-state index in [2.05, 4.69) is 0 Å². The Bertz CT molecular complexity index is 605. The van der Waals surface area contributed by atoms with Gasteiger partial charge in [0.15, 0.2) is 0 Å². The number of unbranched alkanes of at least 4 members (excludes halogenated alkanes) is 13. The predicted octanol–water partition coefficient (Wildman–Crippen LogP) is 4.62. The number of carbonyl (C=O) groups excluding carboxylic acids is 1. The smallest absolute Gasteiger partial charge is 0.303 e. The van der Waals surface area contributed by atoms with Crippen molar-refractivity contribution in [3.05, 3.63) is 0 Å². The van der Waals surface area contributed by atoms with E-state index in [-0.39, 0.29) is 31.4 Å². The number of nitrogens with one attached hydrogen (secondary N) is 1. The van der Waals surface area contributed by atoms with E-state index in [4.69, 9.17) is 10.2 Å². The first-order valence-electron chi connectivity index (χ1n) is 11.7. The van der Waals surface area contributed by atoms with E-state index in [0.717, 1.165) is 38.5 Å². The summed E-state index contributed by atoms with van der Waals surface area (Å²) < 4.78 is 25.3. The largest absolute Gasteiger partial charge is 0.481 e. The molecule has 3 N–H and O–H groups in total. The van der Waals surface area contributed by atoms with Crippen molar-refractivity contribution in [1.29, 1.82) is 0 Å². The summed E-state index contributed by atoms with van der Waals surface area (Å²) in [4.78, 5) is 32.5. The van der Waals surface area contributed by atoms with Gasteiger partial charge in [-0.25, -0.2) is 8.42 Å². The second-order valence-corrected chi connectivity index (χ2v) is 10.0. The SMILES string of the molecule is O=C(O)CCCCCCCCCCCCCCCCC(=O)NS(=O)(=O)CCCC(=O)O. The van der Waals surface area contributed by atoms with Gasteiger partial charge >= 0.3 is 11.9 Å². The first kappa shape index (κ1) is 29.4. The van der Waals surface area contributed by atoms with Crippen LogP contribution >= 0.6 is 0 Å². The monoisotopic (exact) mass is 463 g/mol. The molecule has 0 aromatic heterocycles. The lowest BCUT2D eigenvalue weighted by Gasteiger charge is -2.06. The van der Waals surface area contributed by atoms with Gasteiger partial charge in [0.2, 0.25) is 15.9 Å². The highest BCUT2D eigenvalue weighted by atomic mass is 32.2. The molecule has 0 fully saturated rings. The standard InChI is InChI=1S/C22H41NO7S/c24-20(23-31(29,30)19-15-18-22(27)28)16-13-11-9-7-5-3-1-2-4-6-8-10-12-14-17-21(25)26/h1-19H2,(H,23,24)(H,25,26)(H,27,28). The van der Waals surface area contributed by atoms with Crippen LogP contribution in [0.3, 0.4) is 0 Å². The minimum Gasteiger partial charge on any atom is -0.481 e. The summed E-state index contributed by atoms with van der Waals surface area (Å²) >= 11 is 0. The lowest BCUT2D eigenvalue weighted by atomic mass is 10.0. The van der Waals surface area contributed by atoms with Crippen molar-refractivity contribution in [1.82, 2.24) is 4.72 Å². The van der Waals surface area contributed by atoms with Gasteiger partial charge in [-0.2, -0.15) is 0 Å². The Morgan fingerprint density at radius 2 is 0.839 bits per heavy atom. The summed E-state index contributed by atoms with van der Waals surface area (Å²) in [5.41, 5.74) is 0. The average molecular weight is 464 g/mol. The third kappa shape index (κ3) is 22.9. The van der Waals surface area contributed by atoms with Crippen LogP contribution in [0.4, 0.5) is 0 Å². The molecule has 0 saturated heterocycles. The van der Waals surface area contributed by atoms with Crippen molar-refractivity contribution in [2.24, 2.45) is 0 Å². The Morgan fingerprint density at radius 3 is 1.23 bits per heavy atom. The molecule has 0 bridgehead atoms. The number of amides is 1. The molecule has 0 radical (unpaired) electrons. The van der Waals surface area contributed by atoms with Crippen molar-refractivity contribution < 1.29 is 33.0 Å². The van der Waals surface area contributed by atoms with Crippen LogP contribution < -0.4 is 4.72 Å². The third-order valence-electron chi connectivity index (χ3n) is 5.12. The van der Waals surface area contributed by atoms with E-state index in [1.54, 1.807) is 0 Å². The highest BCUT2D eigenvalue weighted by Gasteiger charge is 2.14. The number of aliphatic carboxylic acids is 2. The summed E-state index contributed by atoms with van der Waals surface area (Å²) in [5.74, 6) is -2.62. The van der Waals surface area contributed by atoms with E-state index in [9.17, 15) is 22.8 Å². The topological polar surface area (TPSA) is 138 Å². The molecular formula is C22H41NO7S. The molecule has 0 aromatic carbocycles. The lowest BCUT2D eigenvalue weighted by molar-refractivity contribution is -0.138. The molecule has 0 heterocycles. The van der Waals surface area contributed by atoms with E-state index in [1.165, 1.54) is 44.9 Å². The number of hydrogen-bond donors (Lipinski definition) is 3. The number of carboxylic acids is 2. The summed E-state index contributed by atoms with van der Waals surface area (Å²) in [5, 5.41) is 17.1. The molecule has 31 heavy (non-hydrogen) atoms. The van der Waals surface area contributed by atoms with Crippen molar-refractivity contribution in [2.45, 2.75) is 116 Å². The van der Waals surface area contributed by atoms with Gasteiger partial charge in [-0.3, -0.25) is 19.1 Å². The number of carboxylic acid groups (broad SMARTS) is 2. The third-order valence-corrected chi connectivity index (χ3v) is 6.48. The van der Waals surface area contributed by atoms with Crippen molar-refractivity contribution >= 4 is 27.9 Å². The zero-order valence-corrected chi connectivity index (χ0v) is 19.6. The second kappa shape index (κ2) is 19.1. The van der Waals surface area contributed by atoms with Crippen molar-refractivity contribution in [3.8, 4) is 0 Å². The molecular weight excluding hydrogens is 422 g/mol. The maximum absolute atomic E-state index is 11.7. The minimum absolute atomic E-state index is 0.00740. The molecule has 182 valence electrons. The number of rotatable bonds is 22. The Morgan fingerprint density at radius 1 is 0.516 bits per heavy atom. The summed E-state index contributed by atoms with van der Waals surface area (Å²) in [6.07, 6.45) is 15.4. The van der Waals surface area contributed by atoms with Crippen LogP contribution in [-0.4, -0.2) is 42.2 Å². The number of sulfonamides is 1. The Kier molecular flexibility index (Phi) is 18.1. The van der Waals surface area contributed by atoms with Gasteiger partial charge in [0.25, 0.3) is 0 Å². The molecule has 0 unspecified atom stereocenters. The quantitative estimate of drug-likeness (QED) is 0.199. The van der Waals surface area contributed by atoms with E-state index >= 15 is 0 Å². The van der Waals surface area contributed by atoms with Crippen LogP contribution in [-0.2, 0) is 24.4 Å². The van der Waals surface area contributed by atoms with Gasteiger partial charge in [0, 0.05) is 19.3 Å². The van der Waals surface area contributed by atoms with Crippen molar-refractivity contribution in [3.63, 3.8) is 0 Å². The predicted molar refractivity (Wildman–Crippen MR) is 120 cm³/mol. The van der Waals surface area contributed by atoms with Crippen molar-refractivity contribution in [2.75, 3.05) is 5.75 Å². The maximum Gasteiger partial charge on any atom is 0.303 e. The fraction of sp³-hybridized carbons (Fsp3) is 0.864. The van der Waals surface area contributed by atoms with Crippen LogP contribution in [0, 0.1) is 0 Å². The molecule has 1 amide bonds. The highest BCUT2D eigenvalue weighted by Crippen LogP contribution is 2.13. The molecule has 0 saturated carbocycles. The van der Waals surface area contributed by atoms with Crippen LogP contribution in [0.2, 0.25) is 0 Å². The summed E-state index contributed by atoms with van der Waals surface area (Å²) in [7, 11) is -3.73. The zero-order chi connectivity index (χ0) is 23.4. The molecule has 0 aromatic rings. The van der Waals surface area contributed by atoms with Gasteiger partial charge in [-0.1, -0.05) is 77.0 Å². The molecule has 8 nitrogen and oxygen atoms in total. The summed E-state index contributed by atoms with van der Waals surface area (Å²) in [6.45, 7) is 0. The molecule has 0 atom stereocenters. The molecule has 0 spiro atoms. The van der Waals surface area contributed by atoms with Gasteiger partial charge in [-0.15, -0.1) is 0 Å². The highest BCUT2D eigenvalue weighted by molar-refractivity contribution is 7.90. The second-order valence-electron chi connectivity index (χ2n) is 8.18. The van der Waals surface area contributed by atoms with Crippen LogP contribution in [0.5, 0.6) is 0 Å². The number of carbonyl (C=O) groups is 3. The van der Waals surface area contributed by atoms with E-state index in [0.29, 0.717) is 6.42 Å². The Hall–Kier alpha value is -1.64. The fourth-order valence-electron chi connectivity index (χ4n) is 3.37. The lowest BCUT2D eigenvalue weighted by Crippen LogP contribution is -2.32. The Balaban J connectivity index is 3.39. The van der Waals surface area contributed by atoms with Crippen LogP contribution in [0.15, 0.2) is 0 Å². The van der Waals surface area contributed by atoms with E-state index in [1.807, 2.05) is 4.72 Å². The van der Waals surface area contributed by atoms with E-state index < -0.39 is 27.9 Å². The first-order valence-corrected chi connectivity index (χ1v) is 13.3. The average Bonchev–Trinajstić information content (AvgIpc) is 2.66. The molecule has 0 aliphatic rings. The van der Waals surface area contributed by atoms with Gasteiger partial charge in [0.05, 0.1) is 5.75 Å². The minimum atomic E-state index is -3.73. The Labute approximate surface area is 187 Å².